The number of nitrogen functional groups attached to an aromatic ring is 1. The third-order valence-electron chi connectivity index (χ3n) is 9.04. The summed E-state index contributed by atoms with van der Waals surface area (Å²) < 4.78 is 26.0. The summed E-state index contributed by atoms with van der Waals surface area (Å²) in [7, 11) is 1.51. The number of anilines is 1. The summed E-state index contributed by atoms with van der Waals surface area (Å²) in [5, 5.41) is 3.08. The van der Waals surface area contributed by atoms with Gasteiger partial charge in [0.2, 0.25) is 5.91 Å². The van der Waals surface area contributed by atoms with Crippen molar-refractivity contribution < 1.29 is 23.5 Å². The van der Waals surface area contributed by atoms with Gasteiger partial charge in [-0.25, -0.2) is 9.37 Å². The molecule has 2 atom stereocenters. The molecule has 3 aromatic rings. The van der Waals surface area contributed by atoms with Crippen molar-refractivity contribution in [2.45, 2.75) is 56.4 Å². The number of amides is 2. The summed E-state index contributed by atoms with van der Waals surface area (Å²) in [5.41, 5.74) is 14.6. The lowest BCUT2D eigenvalue weighted by Crippen LogP contribution is -2.40. The lowest BCUT2D eigenvalue weighted by Gasteiger charge is -2.34. The number of hydrogen-bond donors (Lipinski definition) is 3. The average molecular weight is 620 g/mol. The molecule has 0 saturated heterocycles. The highest BCUT2D eigenvalue weighted by Gasteiger charge is 2.45. The summed E-state index contributed by atoms with van der Waals surface area (Å²) in [4.78, 5) is 35.6. The van der Waals surface area contributed by atoms with Crippen LogP contribution in [-0.4, -0.2) is 49.3 Å². The predicted molar refractivity (Wildman–Crippen MR) is 167 cm³/mol. The van der Waals surface area contributed by atoms with E-state index in [1.165, 1.54) is 19.2 Å². The third-order valence-corrected chi connectivity index (χ3v) is 9.34. The minimum atomic E-state index is -1.10. The quantitative estimate of drug-likeness (QED) is 0.211. The maximum Gasteiger partial charge on any atom is 0.251 e. The standard InChI is InChI=1S/C33H35ClFN5O4/c1-33(32(37)42)16-44-30-23(33)13-26(40-29(30)18-6-9-24(34)25(35)11-18)22(17-4-3-5-17)15-39-31(41)19-10-20(14-38-21-7-8-21)28(36)27(12-19)43-2/h6,9-14,17,21-22H,3-5,7-8,15-16,36H2,1-2H3,(H2,37,42)(H,39,41)/t22-,33-/m0/s1. The largest absolute Gasteiger partial charge is 0.495 e. The van der Waals surface area contributed by atoms with Crippen molar-refractivity contribution in [2.75, 3.05) is 26.0 Å². The first-order valence-electron chi connectivity index (χ1n) is 14.8. The van der Waals surface area contributed by atoms with Gasteiger partial charge in [-0.2, -0.15) is 0 Å². The molecule has 0 radical (unpaired) electrons. The molecule has 6 rings (SSSR count). The molecular weight excluding hydrogens is 585 g/mol. The number of hydrogen-bond acceptors (Lipinski definition) is 7. The minimum absolute atomic E-state index is 0.0132. The van der Waals surface area contributed by atoms with Crippen LogP contribution < -0.4 is 26.3 Å². The number of halogens is 2. The molecule has 0 unspecified atom stereocenters. The first kappa shape index (κ1) is 29.9. The number of carbonyl (C=O) groups excluding carboxylic acids is 2. The van der Waals surface area contributed by atoms with E-state index in [0.29, 0.717) is 56.9 Å². The predicted octanol–water partition coefficient (Wildman–Crippen LogP) is 5.16. The van der Waals surface area contributed by atoms with E-state index in [2.05, 4.69) is 10.3 Å². The van der Waals surface area contributed by atoms with E-state index >= 15 is 0 Å². The van der Waals surface area contributed by atoms with E-state index < -0.39 is 17.1 Å². The zero-order chi connectivity index (χ0) is 31.2. The van der Waals surface area contributed by atoms with E-state index in [-0.39, 0.29) is 35.9 Å². The van der Waals surface area contributed by atoms with Crippen LogP contribution in [0.2, 0.25) is 5.02 Å². The van der Waals surface area contributed by atoms with Gasteiger partial charge in [-0.05, 0) is 68.9 Å². The van der Waals surface area contributed by atoms with Gasteiger partial charge in [0.25, 0.3) is 5.91 Å². The molecule has 2 saturated carbocycles. The van der Waals surface area contributed by atoms with Crippen LogP contribution >= 0.6 is 11.6 Å². The Bertz CT molecular complexity index is 1670. The van der Waals surface area contributed by atoms with Crippen molar-refractivity contribution in [3.05, 3.63) is 69.6 Å². The number of carbonyl (C=O) groups is 2. The minimum Gasteiger partial charge on any atom is -0.495 e. The maximum absolute atomic E-state index is 14.6. The van der Waals surface area contributed by atoms with Crippen LogP contribution in [-0.2, 0) is 10.2 Å². The fraction of sp³-hybridized carbons (Fsp3) is 0.394. The highest BCUT2D eigenvalue weighted by atomic mass is 35.5. The van der Waals surface area contributed by atoms with Gasteiger partial charge in [-0.1, -0.05) is 24.1 Å². The first-order valence-corrected chi connectivity index (χ1v) is 15.2. The third kappa shape index (κ3) is 5.58. The molecule has 2 fully saturated rings. The molecule has 230 valence electrons. The van der Waals surface area contributed by atoms with E-state index in [4.69, 9.17) is 37.5 Å². The molecule has 3 aliphatic rings. The topological polar surface area (TPSA) is 142 Å². The Kier molecular flexibility index (Phi) is 7.96. The molecule has 2 aliphatic carbocycles. The second-order valence-corrected chi connectivity index (χ2v) is 12.5. The van der Waals surface area contributed by atoms with Crippen LogP contribution in [0.3, 0.4) is 0 Å². The fourth-order valence-corrected chi connectivity index (χ4v) is 5.88. The molecule has 11 heteroatoms. The zero-order valence-electron chi connectivity index (χ0n) is 24.7. The summed E-state index contributed by atoms with van der Waals surface area (Å²) in [6, 6.07) is 9.93. The summed E-state index contributed by atoms with van der Waals surface area (Å²) in [5.74, 6) is -0.560. The number of nitrogens with zero attached hydrogens (tertiary/aromatic N) is 2. The number of aromatic nitrogens is 1. The number of ether oxygens (including phenoxy) is 2. The van der Waals surface area contributed by atoms with E-state index in [1.807, 2.05) is 6.07 Å². The Hall–Kier alpha value is -4.18. The molecule has 2 aromatic carbocycles. The molecule has 1 aliphatic heterocycles. The smallest absolute Gasteiger partial charge is 0.251 e. The molecule has 0 spiro atoms. The van der Waals surface area contributed by atoms with Gasteiger partial charge in [-0.3, -0.25) is 14.6 Å². The number of pyridine rings is 1. The highest BCUT2D eigenvalue weighted by molar-refractivity contribution is 6.30. The van der Waals surface area contributed by atoms with E-state index in [1.54, 1.807) is 31.3 Å². The molecule has 1 aromatic heterocycles. The second-order valence-electron chi connectivity index (χ2n) is 12.1. The average Bonchev–Trinajstić information content (AvgIpc) is 3.75. The zero-order valence-corrected chi connectivity index (χ0v) is 25.4. The van der Waals surface area contributed by atoms with Crippen molar-refractivity contribution in [3.8, 4) is 22.8 Å². The van der Waals surface area contributed by atoms with Gasteiger partial charge >= 0.3 is 0 Å². The number of primary amides is 1. The van der Waals surface area contributed by atoms with Crippen molar-refractivity contribution >= 4 is 35.3 Å². The lowest BCUT2D eigenvalue weighted by atomic mass is 9.73. The number of fused-ring (bicyclic) bond motifs is 1. The monoisotopic (exact) mass is 619 g/mol. The maximum atomic E-state index is 14.6. The van der Waals surface area contributed by atoms with E-state index in [0.717, 1.165) is 32.1 Å². The molecule has 5 N–H and O–H groups in total. The second kappa shape index (κ2) is 11.7. The normalized spacial score (nSPS) is 20.1. The first-order chi connectivity index (χ1) is 21.1. The Morgan fingerprint density at radius 3 is 2.66 bits per heavy atom. The van der Waals surface area contributed by atoms with Crippen LogP contribution in [0.1, 0.15) is 72.1 Å². The number of nitrogens with two attached hydrogens (primary N) is 2. The number of rotatable bonds is 10. The Labute approximate surface area is 260 Å². The molecule has 2 amide bonds. The molecule has 9 nitrogen and oxygen atoms in total. The summed E-state index contributed by atoms with van der Waals surface area (Å²) >= 11 is 5.96. The van der Waals surface area contributed by atoms with Crippen molar-refractivity contribution in [3.63, 3.8) is 0 Å². The molecule has 0 bridgehead atoms. The fourth-order valence-electron chi connectivity index (χ4n) is 5.76. The highest BCUT2D eigenvalue weighted by Crippen LogP contribution is 2.47. The number of nitrogens with one attached hydrogen (secondary N) is 1. The van der Waals surface area contributed by atoms with Crippen LogP contribution in [0.15, 0.2) is 41.4 Å². The lowest BCUT2D eigenvalue weighted by molar-refractivity contribution is -0.123. The van der Waals surface area contributed by atoms with Crippen molar-refractivity contribution in [1.29, 1.82) is 0 Å². The Balaban J connectivity index is 1.35. The van der Waals surface area contributed by atoms with Crippen LogP contribution in [0, 0.1) is 11.7 Å². The molecule has 44 heavy (non-hydrogen) atoms. The van der Waals surface area contributed by atoms with Gasteiger partial charge in [0.15, 0.2) is 0 Å². The number of aliphatic imine (C=N–C) groups is 1. The Morgan fingerprint density at radius 2 is 2.02 bits per heavy atom. The van der Waals surface area contributed by atoms with Gasteiger partial charge in [-0.15, -0.1) is 0 Å². The van der Waals surface area contributed by atoms with Crippen LogP contribution in [0.5, 0.6) is 11.5 Å². The van der Waals surface area contributed by atoms with Crippen molar-refractivity contribution in [2.24, 2.45) is 16.6 Å². The van der Waals surface area contributed by atoms with Gasteiger partial charge in [0.1, 0.15) is 35.0 Å². The van der Waals surface area contributed by atoms with Crippen molar-refractivity contribution in [1.82, 2.24) is 10.3 Å². The number of methoxy groups -OCH3 is 1. The van der Waals surface area contributed by atoms with Crippen LogP contribution in [0.4, 0.5) is 10.1 Å². The number of benzene rings is 2. The summed E-state index contributed by atoms with van der Waals surface area (Å²) in [6.45, 7) is 2.06. The summed E-state index contributed by atoms with van der Waals surface area (Å²) in [6.07, 6.45) is 6.79. The van der Waals surface area contributed by atoms with Crippen LogP contribution in [0.25, 0.3) is 11.3 Å². The van der Waals surface area contributed by atoms with Gasteiger partial charge in [0, 0.05) is 46.6 Å². The Morgan fingerprint density at radius 1 is 1.25 bits per heavy atom. The van der Waals surface area contributed by atoms with Gasteiger partial charge < -0.3 is 26.3 Å². The molecule has 2 heterocycles. The molecular formula is C33H35ClFN5O4. The SMILES string of the molecule is COc1cc(C(=O)NC[C@H](c2cc3c(c(-c4ccc(Cl)c(F)c4)n2)OC[C@]3(C)C(N)=O)C2CCC2)cc(C=NC2CC2)c1N. The van der Waals surface area contributed by atoms with Gasteiger partial charge in [0.05, 0.1) is 23.9 Å². The van der Waals surface area contributed by atoms with E-state index in [9.17, 15) is 14.0 Å².